The molecule has 138 valence electrons. The van der Waals surface area contributed by atoms with Crippen molar-refractivity contribution < 1.29 is 14.3 Å². The molecular formula is C19H28N2O3S. The summed E-state index contributed by atoms with van der Waals surface area (Å²) >= 11 is 1.56. The number of likely N-dealkylation sites (tertiary alicyclic amines) is 1. The second-order valence-electron chi connectivity index (χ2n) is 7.00. The van der Waals surface area contributed by atoms with Crippen molar-refractivity contribution >= 4 is 28.2 Å². The van der Waals surface area contributed by atoms with Gasteiger partial charge >= 0.3 is 5.97 Å². The van der Waals surface area contributed by atoms with Gasteiger partial charge in [0.2, 0.25) is 5.91 Å². The SMILES string of the molecule is CCOC(=O)c1c(NC(=O)CN2CCCCC2C)sc2c1CCCC2. The number of piperidine rings is 1. The minimum atomic E-state index is -0.302. The topological polar surface area (TPSA) is 58.6 Å². The Kier molecular flexibility index (Phi) is 6.12. The second kappa shape index (κ2) is 8.32. The molecule has 1 unspecified atom stereocenters. The van der Waals surface area contributed by atoms with Crippen LogP contribution in [0.1, 0.15) is 66.8 Å². The van der Waals surface area contributed by atoms with Crippen molar-refractivity contribution in [2.45, 2.75) is 64.8 Å². The van der Waals surface area contributed by atoms with E-state index in [1.165, 1.54) is 11.3 Å². The number of nitrogens with one attached hydrogen (secondary N) is 1. The van der Waals surface area contributed by atoms with E-state index in [0.717, 1.165) is 50.6 Å². The zero-order valence-electron chi connectivity index (χ0n) is 15.2. The third kappa shape index (κ3) is 4.23. The van der Waals surface area contributed by atoms with Gasteiger partial charge in [0.25, 0.3) is 0 Å². The quantitative estimate of drug-likeness (QED) is 0.811. The van der Waals surface area contributed by atoms with Crippen LogP contribution in [0.3, 0.4) is 0 Å². The summed E-state index contributed by atoms with van der Waals surface area (Å²) in [5.74, 6) is -0.332. The smallest absolute Gasteiger partial charge is 0.341 e. The number of hydrogen-bond donors (Lipinski definition) is 1. The van der Waals surface area contributed by atoms with E-state index in [4.69, 9.17) is 4.74 Å². The molecule has 1 aliphatic heterocycles. The molecule has 1 aliphatic carbocycles. The van der Waals surface area contributed by atoms with Crippen LogP contribution in [0.2, 0.25) is 0 Å². The number of fused-ring (bicyclic) bond motifs is 1. The van der Waals surface area contributed by atoms with Crippen molar-refractivity contribution in [3.05, 3.63) is 16.0 Å². The number of thiophene rings is 1. The lowest BCUT2D eigenvalue weighted by Crippen LogP contribution is -2.42. The van der Waals surface area contributed by atoms with Crippen LogP contribution in [0.25, 0.3) is 0 Å². The van der Waals surface area contributed by atoms with Crippen LogP contribution in [0.4, 0.5) is 5.00 Å². The van der Waals surface area contributed by atoms with E-state index in [0.29, 0.717) is 29.8 Å². The van der Waals surface area contributed by atoms with Gasteiger partial charge < -0.3 is 10.1 Å². The number of aryl methyl sites for hydroxylation is 1. The van der Waals surface area contributed by atoms with Crippen molar-refractivity contribution in [2.75, 3.05) is 25.0 Å². The van der Waals surface area contributed by atoms with Gasteiger partial charge in [0.1, 0.15) is 5.00 Å². The summed E-state index contributed by atoms with van der Waals surface area (Å²) in [5, 5.41) is 3.69. The Morgan fingerprint density at radius 2 is 2.04 bits per heavy atom. The molecule has 0 saturated carbocycles. The molecular weight excluding hydrogens is 336 g/mol. The second-order valence-corrected chi connectivity index (χ2v) is 8.10. The third-order valence-electron chi connectivity index (χ3n) is 5.19. The molecule has 2 aliphatic rings. The van der Waals surface area contributed by atoms with Crippen LogP contribution in [0.15, 0.2) is 0 Å². The highest BCUT2D eigenvalue weighted by atomic mass is 32.1. The van der Waals surface area contributed by atoms with Crippen molar-refractivity contribution in [1.29, 1.82) is 0 Å². The predicted octanol–water partition coefficient (Wildman–Crippen LogP) is 3.62. The Balaban J connectivity index is 1.75. The summed E-state index contributed by atoms with van der Waals surface area (Å²) in [6, 6.07) is 0.445. The molecule has 5 nitrogen and oxygen atoms in total. The highest BCUT2D eigenvalue weighted by molar-refractivity contribution is 7.17. The monoisotopic (exact) mass is 364 g/mol. The number of nitrogens with zero attached hydrogens (tertiary/aromatic N) is 1. The van der Waals surface area contributed by atoms with E-state index in [-0.39, 0.29) is 11.9 Å². The molecule has 1 fully saturated rings. The Bertz CT molecular complexity index is 641. The number of ether oxygens (including phenoxy) is 1. The molecule has 0 bridgehead atoms. The molecule has 1 atom stereocenters. The fourth-order valence-electron chi connectivity index (χ4n) is 3.82. The standard InChI is InChI=1S/C19H28N2O3S/c1-3-24-19(23)17-14-9-4-5-10-15(14)25-18(17)20-16(22)12-21-11-7-6-8-13(21)2/h13H,3-12H2,1-2H3,(H,20,22). The Labute approximate surface area is 153 Å². The van der Waals surface area contributed by atoms with E-state index < -0.39 is 0 Å². The van der Waals surface area contributed by atoms with Crippen molar-refractivity contribution in [3.63, 3.8) is 0 Å². The maximum atomic E-state index is 12.6. The minimum Gasteiger partial charge on any atom is -0.462 e. The van der Waals surface area contributed by atoms with Gasteiger partial charge in [0.05, 0.1) is 18.7 Å². The molecule has 1 aromatic rings. The molecule has 0 radical (unpaired) electrons. The van der Waals surface area contributed by atoms with Crippen LogP contribution in [0.5, 0.6) is 0 Å². The summed E-state index contributed by atoms with van der Waals surface area (Å²) in [6.07, 6.45) is 7.67. The highest BCUT2D eigenvalue weighted by Crippen LogP contribution is 2.38. The summed E-state index contributed by atoms with van der Waals surface area (Å²) in [4.78, 5) is 28.5. The Morgan fingerprint density at radius 3 is 2.80 bits per heavy atom. The van der Waals surface area contributed by atoms with Gasteiger partial charge in [-0.25, -0.2) is 4.79 Å². The molecule has 0 aromatic carbocycles. The minimum absolute atomic E-state index is 0.0297. The number of esters is 1. The molecule has 1 saturated heterocycles. The number of carbonyl (C=O) groups excluding carboxylic acids is 2. The van der Waals surface area contributed by atoms with E-state index in [2.05, 4.69) is 17.1 Å². The zero-order valence-corrected chi connectivity index (χ0v) is 16.0. The predicted molar refractivity (Wildman–Crippen MR) is 100 cm³/mol. The third-order valence-corrected chi connectivity index (χ3v) is 6.40. The summed E-state index contributed by atoms with van der Waals surface area (Å²) in [5.41, 5.74) is 1.69. The molecule has 25 heavy (non-hydrogen) atoms. The lowest BCUT2D eigenvalue weighted by molar-refractivity contribution is -0.118. The van der Waals surface area contributed by atoms with E-state index in [9.17, 15) is 9.59 Å². The fourth-order valence-corrected chi connectivity index (χ4v) is 5.11. The number of amides is 1. The van der Waals surface area contributed by atoms with Gasteiger partial charge in [-0.1, -0.05) is 6.42 Å². The van der Waals surface area contributed by atoms with Gasteiger partial charge in [-0.05, 0) is 64.5 Å². The summed E-state index contributed by atoms with van der Waals surface area (Å²) in [7, 11) is 0. The number of rotatable bonds is 5. The first-order valence-corrected chi connectivity index (χ1v) is 10.3. The first-order valence-electron chi connectivity index (χ1n) is 9.45. The number of hydrogen-bond acceptors (Lipinski definition) is 5. The van der Waals surface area contributed by atoms with Crippen LogP contribution < -0.4 is 5.32 Å². The van der Waals surface area contributed by atoms with E-state index in [1.807, 2.05) is 6.92 Å². The maximum absolute atomic E-state index is 12.6. The van der Waals surface area contributed by atoms with Gasteiger partial charge in [-0.15, -0.1) is 11.3 Å². The summed E-state index contributed by atoms with van der Waals surface area (Å²) < 4.78 is 5.25. The number of anilines is 1. The van der Waals surface area contributed by atoms with Gasteiger partial charge in [0.15, 0.2) is 0 Å². The van der Waals surface area contributed by atoms with E-state index in [1.54, 1.807) is 11.3 Å². The fraction of sp³-hybridized carbons (Fsp3) is 0.684. The summed E-state index contributed by atoms with van der Waals surface area (Å²) in [6.45, 7) is 5.71. The average molecular weight is 365 g/mol. The van der Waals surface area contributed by atoms with Crippen LogP contribution in [-0.4, -0.2) is 42.5 Å². The molecule has 1 N–H and O–H groups in total. The lowest BCUT2D eigenvalue weighted by atomic mass is 9.95. The normalized spacial score (nSPS) is 20.8. The van der Waals surface area contributed by atoms with E-state index >= 15 is 0 Å². The van der Waals surface area contributed by atoms with Gasteiger partial charge in [-0.3, -0.25) is 9.69 Å². The molecule has 6 heteroatoms. The average Bonchev–Trinajstić information content (AvgIpc) is 2.95. The van der Waals surface area contributed by atoms with Gasteiger partial charge in [-0.2, -0.15) is 0 Å². The molecule has 2 heterocycles. The molecule has 3 rings (SSSR count). The van der Waals surface area contributed by atoms with Crippen molar-refractivity contribution in [1.82, 2.24) is 4.90 Å². The van der Waals surface area contributed by atoms with Crippen molar-refractivity contribution in [3.8, 4) is 0 Å². The molecule has 1 aromatic heterocycles. The van der Waals surface area contributed by atoms with Crippen LogP contribution in [-0.2, 0) is 22.4 Å². The Hall–Kier alpha value is -1.40. The highest BCUT2D eigenvalue weighted by Gasteiger charge is 2.28. The molecule has 1 amide bonds. The molecule has 0 spiro atoms. The Morgan fingerprint density at radius 1 is 1.24 bits per heavy atom. The zero-order chi connectivity index (χ0) is 17.8. The van der Waals surface area contributed by atoms with Crippen LogP contribution in [0, 0.1) is 0 Å². The number of carbonyl (C=O) groups is 2. The lowest BCUT2D eigenvalue weighted by Gasteiger charge is -2.32. The van der Waals surface area contributed by atoms with Crippen LogP contribution >= 0.6 is 11.3 Å². The largest absolute Gasteiger partial charge is 0.462 e. The van der Waals surface area contributed by atoms with Gasteiger partial charge in [0, 0.05) is 10.9 Å². The first-order chi connectivity index (χ1) is 12.1. The maximum Gasteiger partial charge on any atom is 0.341 e. The van der Waals surface area contributed by atoms with Crippen molar-refractivity contribution in [2.24, 2.45) is 0 Å². The first kappa shape index (κ1) is 18.4.